The molecule has 0 unspecified atom stereocenters. The summed E-state index contributed by atoms with van der Waals surface area (Å²) in [6.45, 7) is 4.17. The zero-order chi connectivity index (χ0) is 34.8. The number of ether oxygens (including phenoxy) is 1. The van der Waals surface area contributed by atoms with Gasteiger partial charge in [-0.15, -0.1) is 0 Å². The number of hydrogen-bond acceptors (Lipinski definition) is 5. The van der Waals surface area contributed by atoms with Gasteiger partial charge in [0.05, 0.1) is 19.1 Å². The number of carbonyl (C=O) groups is 2. The highest BCUT2D eigenvalue weighted by molar-refractivity contribution is 7.92. The van der Waals surface area contributed by atoms with Crippen LogP contribution in [-0.2, 0) is 38.0 Å². The number of carbonyl (C=O) groups excluding carboxylic acids is 2. The number of methoxy groups -OCH3 is 1. The van der Waals surface area contributed by atoms with Crippen LogP contribution in [0, 0.1) is 23.7 Å². The molecule has 4 fully saturated rings. The zero-order valence-electron chi connectivity index (χ0n) is 29.3. The van der Waals surface area contributed by atoms with Gasteiger partial charge in [-0.25, -0.2) is 8.42 Å². The highest BCUT2D eigenvalue weighted by Crippen LogP contribution is 2.60. The first-order valence-electron chi connectivity index (χ1n) is 17.7. The van der Waals surface area contributed by atoms with E-state index in [0.717, 1.165) is 35.1 Å². The Kier molecular flexibility index (Phi) is 10.4. The zero-order valence-corrected chi connectivity index (χ0v) is 30.1. The van der Waals surface area contributed by atoms with Crippen molar-refractivity contribution >= 4 is 27.5 Å². The van der Waals surface area contributed by atoms with E-state index >= 15 is 0 Å². The molecule has 4 saturated carbocycles. The first kappa shape index (κ1) is 35.0. The summed E-state index contributed by atoms with van der Waals surface area (Å²) in [6, 6.07) is 24.0. The lowest BCUT2D eigenvalue weighted by molar-refractivity contribution is -0.140. The molecule has 4 bridgehead atoms. The summed E-state index contributed by atoms with van der Waals surface area (Å²) in [5, 5.41) is 3.03. The second-order valence-corrected chi connectivity index (χ2v) is 17.1. The van der Waals surface area contributed by atoms with Crippen molar-refractivity contribution < 1.29 is 22.7 Å². The van der Waals surface area contributed by atoms with Crippen LogP contribution < -0.4 is 14.4 Å². The maximum atomic E-state index is 14.5. The summed E-state index contributed by atoms with van der Waals surface area (Å²) in [7, 11) is -2.27. The van der Waals surface area contributed by atoms with Gasteiger partial charge in [0.15, 0.2) is 0 Å². The number of hydrogen-bond donors (Lipinski definition) is 1. The molecule has 262 valence electrons. The van der Waals surface area contributed by atoms with Crippen LogP contribution >= 0.6 is 0 Å². The van der Waals surface area contributed by atoms with Crippen molar-refractivity contribution in [3.05, 3.63) is 95.6 Å². The molecule has 4 aliphatic rings. The Hall–Kier alpha value is -3.85. The van der Waals surface area contributed by atoms with E-state index in [1.54, 1.807) is 7.11 Å². The van der Waals surface area contributed by atoms with E-state index < -0.39 is 28.5 Å². The molecule has 2 amide bonds. The molecular weight excluding hydrogens is 635 g/mol. The van der Waals surface area contributed by atoms with Gasteiger partial charge in [-0.1, -0.05) is 68.4 Å². The summed E-state index contributed by atoms with van der Waals surface area (Å²) in [5.41, 5.74) is 3.60. The van der Waals surface area contributed by atoms with E-state index in [-0.39, 0.29) is 30.2 Å². The van der Waals surface area contributed by atoms with Gasteiger partial charge in [0.1, 0.15) is 18.3 Å². The van der Waals surface area contributed by atoms with Crippen LogP contribution in [0.25, 0.3) is 0 Å². The van der Waals surface area contributed by atoms with Crippen LogP contribution in [-0.4, -0.2) is 57.6 Å². The fraction of sp³-hybridized carbons (Fsp3) is 0.500. The smallest absolute Gasteiger partial charge is 0.244 e. The van der Waals surface area contributed by atoms with Crippen LogP contribution in [0.5, 0.6) is 5.75 Å². The van der Waals surface area contributed by atoms with Gasteiger partial charge in [0.2, 0.25) is 21.8 Å². The second-order valence-electron chi connectivity index (χ2n) is 15.2. The number of nitrogens with one attached hydrogen (secondary N) is 1. The number of nitrogens with zero attached hydrogens (tertiary/aromatic N) is 2. The number of anilines is 1. The topological polar surface area (TPSA) is 96.0 Å². The standard InChI is InChI=1S/C40H51N3O5S/c1-28(2)25-41-39(45)37(21-29-9-6-5-7-10-29)42(26-30-11-8-12-36(20-30)48-3)38(44)27-43(49(4,46)47)35-15-13-34(14-16-35)40-22-31-17-32(23-40)19-33(18-31)24-40/h5-16,20,28,31-33,37H,17-19,21-27H2,1-4H3,(H,41,45)/t31?,32?,33?,37-,40?/m0/s1. The third-order valence-corrected chi connectivity index (χ3v) is 12.1. The molecule has 0 radical (unpaired) electrons. The molecule has 0 heterocycles. The fourth-order valence-corrected chi connectivity index (χ4v) is 9.85. The lowest BCUT2D eigenvalue weighted by Gasteiger charge is -2.57. The number of benzene rings is 3. The Balaban J connectivity index is 1.31. The number of amides is 2. The van der Waals surface area contributed by atoms with Gasteiger partial charge < -0.3 is 15.0 Å². The molecule has 49 heavy (non-hydrogen) atoms. The Morgan fingerprint density at radius 2 is 1.49 bits per heavy atom. The third-order valence-electron chi connectivity index (χ3n) is 10.9. The highest BCUT2D eigenvalue weighted by atomic mass is 32.2. The lowest BCUT2D eigenvalue weighted by atomic mass is 9.48. The molecule has 7 rings (SSSR count). The molecule has 3 aromatic rings. The normalized spacial score (nSPS) is 23.2. The van der Waals surface area contributed by atoms with Crippen molar-refractivity contribution in [2.24, 2.45) is 23.7 Å². The van der Waals surface area contributed by atoms with Gasteiger partial charge in [-0.05, 0) is 109 Å². The van der Waals surface area contributed by atoms with E-state index in [1.165, 1.54) is 53.3 Å². The number of sulfonamides is 1. The van der Waals surface area contributed by atoms with Gasteiger partial charge in [-0.2, -0.15) is 0 Å². The van der Waals surface area contributed by atoms with Crippen molar-refractivity contribution in [3.63, 3.8) is 0 Å². The lowest BCUT2D eigenvalue weighted by Crippen LogP contribution is -2.53. The largest absolute Gasteiger partial charge is 0.497 e. The van der Waals surface area contributed by atoms with Gasteiger partial charge in [0, 0.05) is 19.5 Å². The van der Waals surface area contributed by atoms with Crippen molar-refractivity contribution in [1.82, 2.24) is 10.2 Å². The van der Waals surface area contributed by atoms with Crippen molar-refractivity contribution in [2.75, 3.05) is 30.8 Å². The van der Waals surface area contributed by atoms with Crippen LogP contribution in [0.4, 0.5) is 5.69 Å². The van der Waals surface area contributed by atoms with Crippen molar-refractivity contribution in [1.29, 1.82) is 0 Å². The van der Waals surface area contributed by atoms with Gasteiger partial charge in [-0.3, -0.25) is 13.9 Å². The number of rotatable bonds is 14. The third kappa shape index (κ3) is 8.14. The van der Waals surface area contributed by atoms with Crippen molar-refractivity contribution in [3.8, 4) is 5.75 Å². The Morgan fingerprint density at radius 3 is 2.06 bits per heavy atom. The van der Waals surface area contributed by atoms with E-state index in [4.69, 9.17) is 4.74 Å². The van der Waals surface area contributed by atoms with E-state index in [0.29, 0.717) is 18.0 Å². The quantitative estimate of drug-likeness (QED) is 0.214. The van der Waals surface area contributed by atoms with Crippen LogP contribution in [0.15, 0.2) is 78.9 Å². The van der Waals surface area contributed by atoms with Crippen molar-refractivity contribution in [2.45, 2.75) is 76.8 Å². The van der Waals surface area contributed by atoms with Crippen LogP contribution in [0.3, 0.4) is 0 Å². The second kappa shape index (κ2) is 14.6. The minimum absolute atomic E-state index is 0.102. The predicted octanol–water partition coefficient (Wildman–Crippen LogP) is 6.34. The summed E-state index contributed by atoms with van der Waals surface area (Å²) in [4.78, 5) is 29.9. The first-order valence-corrected chi connectivity index (χ1v) is 19.6. The minimum atomic E-state index is -3.85. The molecule has 4 aliphatic carbocycles. The molecule has 8 nitrogen and oxygen atoms in total. The molecule has 1 N–H and O–H groups in total. The maximum Gasteiger partial charge on any atom is 0.244 e. The summed E-state index contributed by atoms with van der Waals surface area (Å²) in [5.74, 6) is 2.50. The maximum absolute atomic E-state index is 14.5. The molecule has 0 aromatic heterocycles. The first-order chi connectivity index (χ1) is 23.4. The van der Waals surface area contributed by atoms with E-state index in [2.05, 4.69) is 17.4 Å². The van der Waals surface area contributed by atoms with E-state index in [9.17, 15) is 18.0 Å². The average Bonchev–Trinajstić information content (AvgIpc) is 3.07. The minimum Gasteiger partial charge on any atom is -0.497 e. The fourth-order valence-electron chi connectivity index (χ4n) is 9.00. The average molecular weight is 686 g/mol. The molecule has 0 aliphatic heterocycles. The van der Waals surface area contributed by atoms with E-state index in [1.807, 2.05) is 80.6 Å². The Labute approximate surface area is 292 Å². The van der Waals surface area contributed by atoms with Gasteiger partial charge in [0.25, 0.3) is 0 Å². The Morgan fingerprint density at radius 1 is 0.878 bits per heavy atom. The Bertz CT molecular complexity index is 1690. The monoisotopic (exact) mass is 685 g/mol. The molecular formula is C40H51N3O5S. The van der Waals surface area contributed by atoms with Crippen LogP contribution in [0.2, 0.25) is 0 Å². The van der Waals surface area contributed by atoms with Gasteiger partial charge >= 0.3 is 0 Å². The van der Waals surface area contributed by atoms with Crippen LogP contribution in [0.1, 0.15) is 69.1 Å². The summed E-state index contributed by atoms with van der Waals surface area (Å²) in [6.07, 6.45) is 9.13. The molecule has 9 heteroatoms. The molecule has 1 atom stereocenters. The highest BCUT2D eigenvalue weighted by Gasteiger charge is 2.51. The summed E-state index contributed by atoms with van der Waals surface area (Å²) < 4.78 is 33.4. The molecule has 0 saturated heterocycles. The molecule has 0 spiro atoms. The SMILES string of the molecule is COc1cccc(CN(C(=O)CN(c2ccc(C34CC5CC(CC(C5)C3)C4)cc2)S(C)(=O)=O)[C@@H](Cc2ccccc2)C(=O)NCC(C)C)c1. The summed E-state index contributed by atoms with van der Waals surface area (Å²) >= 11 is 0. The predicted molar refractivity (Wildman–Crippen MR) is 194 cm³/mol. The molecule has 3 aromatic carbocycles.